The second-order valence-electron chi connectivity index (χ2n) is 6.45. The van der Waals surface area contributed by atoms with E-state index in [0.29, 0.717) is 15.8 Å². The maximum absolute atomic E-state index is 6.48. The van der Waals surface area contributed by atoms with Gasteiger partial charge in [0.25, 0.3) is 0 Å². The fraction of sp³-hybridized carbons (Fsp3) is 0.150. The van der Waals surface area contributed by atoms with Gasteiger partial charge in [0.2, 0.25) is 6.23 Å². The molecule has 0 radical (unpaired) electrons. The van der Waals surface area contributed by atoms with Gasteiger partial charge in [-0.15, -0.1) is 11.3 Å². The van der Waals surface area contributed by atoms with Crippen molar-refractivity contribution in [2.24, 2.45) is 5.10 Å². The summed E-state index contributed by atoms with van der Waals surface area (Å²) in [5.74, 6) is 0.692. The molecule has 2 aromatic carbocycles. The van der Waals surface area contributed by atoms with Gasteiger partial charge in [0.05, 0.1) is 21.7 Å². The van der Waals surface area contributed by atoms with Crippen LogP contribution in [0, 0.1) is 0 Å². The van der Waals surface area contributed by atoms with Gasteiger partial charge >= 0.3 is 0 Å². The first-order valence-electron chi connectivity index (χ1n) is 8.41. The number of nitrogens with zero attached hydrogens (tertiary/aromatic N) is 2. The Hall–Kier alpha value is -1.53. The van der Waals surface area contributed by atoms with Crippen molar-refractivity contribution in [1.29, 1.82) is 0 Å². The molecule has 0 fully saturated rings. The Kier molecular flexibility index (Phi) is 4.43. The SMILES string of the molecule is Clc1cc(Cl)c2c(c1)[C@H]1CC(c3cccs3)=NN1[C@H](c1ccc(Br)cc1)O2. The van der Waals surface area contributed by atoms with Gasteiger partial charge in [-0.2, -0.15) is 5.10 Å². The molecule has 2 aliphatic heterocycles. The molecule has 0 unspecified atom stereocenters. The molecule has 3 aromatic rings. The lowest BCUT2D eigenvalue weighted by molar-refractivity contribution is -0.0189. The number of hydrazone groups is 1. The minimum Gasteiger partial charge on any atom is -0.463 e. The Morgan fingerprint density at radius 3 is 2.70 bits per heavy atom. The highest BCUT2D eigenvalue weighted by Gasteiger charge is 2.42. The van der Waals surface area contributed by atoms with E-state index in [-0.39, 0.29) is 12.3 Å². The Balaban J connectivity index is 1.64. The summed E-state index contributed by atoms with van der Waals surface area (Å²) >= 11 is 17.9. The number of hydrogen-bond acceptors (Lipinski definition) is 4. The Morgan fingerprint density at radius 2 is 1.96 bits per heavy atom. The summed E-state index contributed by atoms with van der Waals surface area (Å²) in [6.45, 7) is 0. The molecule has 0 bridgehead atoms. The molecule has 0 amide bonds. The normalized spacial score (nSPS) is 20.7. The first kappa shape index (κ1) is 17.6. The molecule has 0 saturated heterocycles. The average molecular weight is 480 g/mol. The molecule has 7 heteroatoms. The molecule has 0 N–H and O–H groups in total. The number of hydrogen-bond donors (Lipinski definition) is 0. The van der Waals surface area contributed by atoms with Crippen molar-refractivity contribution in [3.05, 3.63) is 84.4 Å². The summed E-state index contributed by atoms with van der Waals surface area (Å²) < 4.78 is 7.36. The molecular weight excluding hydrogens is 467 g/mol. The molecule has 27 heavy (non-hydrogen) atoms. The van der Waals surface area contributed by atoms with Crippen LogP contribution in [0.2, 0.25) is 10.0 Å². The standard InChI is InChI=1S/C20H13BrCl2N2OS/c21-12-5-3-11(4-6-12)20-25-17(10-16(24-25)18-2-1-7-27-18)14-8-13(22)9-15(23)19(14)26-20/h1-9,17,20H,10H2/t17-,20+/m1/s1. The van der Waals surface area contributed by atoms with Crippen molar-refractivity contribution in [2.75, 3.05) is 0 Å². The van der Waals surface area contributed by atoms with Crippen molar-refractivity contribution in [3.8, 4) is 5.75 Å². The topological polar surface area (TPSA) is 24.8 Å². The minimum absolute atomic E-state index is 0.0377. The molecule has 3 nitrogen and oxygen atoms in total. The Labute approximate surface area is 179 Å². The van der Waals surface area contributed by atoms with Crippen molar-refractivity contribution >= 4 is 56.2 Å². The van der Waals surface area contributed by atoms with Crippen molar-refractivity contribution in [3.63, 3.8) is 0 Å². The summed E-state index contributed by atoms with van der Waals surface area (Å²) in [6, 6.07) is 15.9. The van der Waals surface area contributed by atoms with E-state index in [2.05, 4.69) is 27.4 Å². The van der Waals surface area contributed by atoms with Crippen molar-refractivity contribution < 1.29 is 4.74 Å². The first-order chi connectivity index (χ1) is 13.1. The zero-order valence-electron chi connectivity index (χ0n) is 13.9. The van der Waals surface area contributed by atoms with Crippen molar-refractivity contribution in [2.45, 2.75) is 18.7 Å². The second-order valence-corrected chi connectivity index (χ2v) is 9.16. The van der Waals surface area contributed by atoms with E-state index >= 15 is 0 Å². The molecule has 5 rings (SSSR count). The van der Waals surface area contributed by atoms with Crippen LogP contribution in [-0.2, 0) is 0 Å². The van der Waals surface area contributed by atoms with Gasteiger partial charge in [-0.05, 0) is 35.7 Å². The van der Waals surface area contributed by atoms with Crippen LogP contribution >= 0.6 is 50.5 Å². The third-order valence-corrected chi connectivity index (χ3v) is 6.72. The fourth-order valence-electron chi connectivity index (χ4n) is 3.55. The average Bonchev–Trinajstić information content (AvgIpc) is 3.32. The molecule has 3 heterocycles. The molecule has 0 saturated carbocycles. The number of halogens is 3. The smallest absolute Gasteiger partial charge is 0.213 e. The Bertz CT molecular complexity index is 1040. The van der Waals surface area contributed by atoms with E-state index in [0.717, 1.165) is 27.7 Å². The van der Waals surface area contributed by atoms with Gasteiger partial charge in [0, 0.05) is 27.0 Å². The maximum atomic E-state index is 6.48. The lowest BCUT2D eigenvalue weighted by atomic mass is 9.97. The molecule has 2 aliphatic rings. The molecule has 0 aliphatic carbocycles. The zero-order valence-corrected chi connectivity index (χ0v) is 17.8. The second kappa shape index (κ2) is 6.82. The lowest BCUT2D eigenvalue weighted by Crippen LogP contribution is -2.33. The van der Waals surface area contributed by atoms with Crippen molar-refractivity contribution in [1.82, 2.24) is 5.01 Å². The van der Waals surface area contributed by atoms with Gasteiger partial charge in [-0.3, -0.25) is 0 Å². The number of thiophene rings is 1. The van der Waals surface area contributed by atoms with Crippen LogP contribution in [0.15, 0.2) is 63.5 Å². The van der Waals surface area contributed by atoms with E-state index in [9.17, 15) is 0 Å². The molecule has 1 aromatic heterocycles. The summed E-state index contributed by atoms with van der Waals surface area (Å²) in [4.78, 5) is 1.17. The third-order valence-electron chi connectivity index (χ3n) is 4.77. The van der Waals surface area contributed by atoms with E-state index in [4.69, 9.17) is 33.0 Å². The number of ether oxygens (including phenoxy) is 1. The summed E-state index contributed by atoms with van der Waals surface area (Å²) in [6.07, 6.45) is 0.451. The predicted molar refractivity (Wildman–Crippen MR) is 114 cm³/mol. The lowest BCUT2D eigenvalue weighted by Gasteiger charge is -2.38. The monoisotopic (exact) mass is 478 g/mol. The fourth-order valence-corrected chi connectivity index (χ4v) is 5.09. The molecule has 2 atom stereocenters. The van der Waals surface area contributed by atoms with E-state index in [1.54, 1.807) is 17.4 Å². The van der Waals surface area contributed by atoms with Crippen LogP contribution in [0.4, 0.5) is 0 Å². The highest BCUT2D eigenvalue weighted by molar-refractivity contribution is 9.10. The summed E-state index contributed by atoms with van der Waals surface area (Å²) in [5, 5.41) is 10.2. The van der Waals surface area contributed by atoms with Gasteiger partial charge in [0.1, 0.15) is 5.75 Å². The number of rotatable bonds is 2. The summed E-state index contributed by atoms with van der Waals surface area (Å²) in [5.41, 5.74) is 3.07. The quantitative estimate of drug-likeness (QED) is 0.393. The number of fused-ring (bicyclic) bond motifs is 3. The van der Waals surface area contributed by atoms with Gasteiger partial charge in [-0.1, -0.05) is 57.3 Å². The van der Waals surface area contributed by atoms with Gasteiger partial charge < -0.3 is 4.74 Å². The van der Waals surface area contributed by atoms with E-state index in [1.165, 1.54) is 4.88 Å². The van der Waals surface area contributed by atoms with Crippen LogP contribution in [0.5, 0.6) is 5.75 Å². The van der Waals surface area contributed by atoms with Crippen LogP contribution in [-0.4, -0.2) is 10.7 Å². The maximum Gasteiger partial charge on any atom is 0.213 e. The number of benzene rings is 2. The van der Waals surface area contributed by atoms with Gasteiger partial charge in [0.15, 0.2) is 0 Å². The van der Waals surface area contributed by atoms with Crippen LogP contribution in [0.1, 0.15) is 34.7 Å². The molecule has 0 spiro atoms. The predicted octanol–water partition coefficient (Wildman–Crippen LogP) is 7.06. The summed E-state index contributed by atoms with van der Waals surface area (Å²) in [7, 11) is 0. The highest BCUT2D eigenvalue weighted by atomic mass is 79.9. The third kappa shape index (κ3) is 3.07. The zero-order chi connectivity index (χ0) is 18.5. The van der Waals surface area contributed by atoms with Gasteiger partial charge in [-0.25, -0.2) is 5.01 Å². The molecule has 136 valence electrons. The Morgan fingerprint density at radius 1 is 1.15 bits per heavy atom. The van der Waals surface area contributed by atoms with Crippen LogP contribution < -0.4 is 4.74 Å². The first-order valence-corrected chi connectivity index (χ1v) is 10.8. The van der Waals surface area contributed by atoms with Crippen LogP contribution in [0.3, 0.4) is 0 Å². The highest BCUT2D eigenvalue weighted by Crippen LogP contribution is 2.51. The van der Waals surface area contributed by atoms with E-state index < -0.39 is 0 Å². The minimum atomic E-state index is -0.341. The molecular formula is C20H13BrCl2N2OS. The largest absolute Gasteiger partial charge is 0.463 e. The van der Waals surface area contributed by atoms with Crippen LogP contribution in [0.25, 0.3) is 0 Å². The van der Waals surface area contributed by atoms with E-state index in [1.807, 2.05) is 41.4 Å².